The fraction of sp³-hybridized carbons (Fsp3) is 1.00. The quantitative estimate of drug-likeness (QED) is 0.196. The average molecular weight is 343 g/mol. The molecule has 0 aromatic rings. The highest BCUT2D eigenvalue weighted by molar-refractivity contribution is 7.80. The van der Waals surface area contributed by atoms with E-state index in [2.05, 4.69) is 12.6 Å². The van der Waals surface area contributed by atoms with Gasteiger partial charge in [-0.1, -0.05) is 0 Å². The Bertz CT molecular complexity index is 225. The number of methoxy groups -OCH3 is 3. The van der Waals surface area contributed by atoms with E-state index < -0.39 is 5.41 Å². The Morgan fingerprint density at radius 1 is 0.857 bits per heavy atom. The molecule has 0 aromatic heterocycles. The van der Waals surface area contributed by atoms with E-state index >= 15 is 0 Å². The van der Waals surface area contributed by atoms with Gasteiger partial charge in [0, 0.05) is 21.3 Å². The van der Waals surface area contributed by atoms with Crippen molar-refractivity contribution < 1.29 is 28.4 Å². The van der Waals surface area contributed by atoms with Crippen molar-refractivity contribution in [2.75, 3.05) is 61.0 Å². The summed E-state index contributed by atoms with van der Waals surface area (Å²) in [7, 11) is 5.69. The van der Waals surface area contributed by atoms with Gasteiger partial charge < -0.3 is 28.4 Å². The highest BCUT2D eigenvalue weighted by Crippen LogP contribution is 2.20. The van der Waals surface area contributed by atoms with Gasteiger partial charge >= 0.3 is 0 Å². The van der Waals surface area contributed by atoms with Crippen molar-refractivity contribution >= 4 is 22.9 Å². The highest BCUT2D eigenvalue weighted by Gasteiger charge is 2.26. The number of ether oxygens (including phenoxy) is 6. The van der Waals surface area contributed by atoms with Crippen molar-refractivity contribution in [3.63, 3.8) is 0 Å². The van der Waals surface area contributed by atoms with E-state index in [1.807, 2.05) is 0 Å². The van der Waals surface area contributed by atoms with Crippen molar-refractivity contribution in [2.24, 2.45) is 0 Å². The number of hydrogen-bond donors (Lipinski definition) is 1. The number of thiol groups is 1. The summed E-state index contributed by atoms with van der Waals surface area (Å²) in [6, 6.07) is 0. The molecule has 0 saturated heterocycles. The Balaban J connectivity index is 4.11. The maximum atomic E-state index is 5.84. The van der Waals surface area contributed by atoms with Crippen LogP contribution in [0.4, 0.5) is 0 Å². The first kappa shape index (κ1) is 21.3. The standard InChI is InChI=1S/C13H30O6SSi/c1-14-6-9-17-12(20)4-5-13(21,18-10-7-15-2)19-11-8-16-3/h12,20H,4-11H2,1-3,21H3. The Morgan fingerprint density at radius 2 is 1.33 bits per heavy atom. The monoisotopic (exact) mass is 342 g/mol. The van der Waals surface area contributed by atoms with E-state index in [9.17, 15) is 0 Å². The van der Waals surface area contributed by atoms with Crippen molar-refractivity contribution in [2.45, 2.75) is 23.7 Å². The smallest absolute Gasteiger partial charge is 0.141 e. The topological polar surface area (TPSA) is 55.4 Å². The Morgan fingerprint density at radius 3 is 1.81 bits per heavy atom. The van der Waals surface area contributed by atoms with Crippen LogP contribution >= 0.6 is 12.6 Å². The first-order chi connectivity index (χ1) is 10.1. The predicted molar refractivity (Wildman–Crippen MR) is 88.2 cm³/mol. The molecule has 6 nitrogen and oxygen atoms in total. The molecule has 0 aliphatic rings. The SMILES string of the molecule is COCCOC(S)CCC([SiH3])(OCCOC)OCCOC. The largest absolute Gasteiger partial charge is 0.382 e. The van der Waals surface area contributed by atoms with Crippen molar-refractivity contribution in [1.29, 1.82) is 0 Å². The second-order valence-corrected chi connectivity index (χ2v) is 6.77. The van der Waals surface area contributed by atoms with Crippen LogP contribution in [-0.4, -0.2) is 82.1 Å². The molecule has 0 aromatic carbocycles. The van der Waals surface area contributed by atoms with E-state index in [4.69, 9.17) is 28.4 Å². The summed E-state index contributed by atoms with van der Waals surface area (Å²) in [5, 5.41) is 0. The average Bonchev–Trinajstić information content (AvgIpc) is 2.46. The third kappa shape index (κ3) is 12.5. The number of rotatable bonds is 15. The van der Waals surface area contributed by atoms with Gasteiger partial charge in [0.1, 0.15) is 10.8 Å². The molecule has 8 heteroatoms. The lowest BCUT2D eigenvalue weighted by molar-refractivity contribution is -0.194. The molecule has 0 N–H and O–H groups in total. The molecule has 0 aliphatic heterocycles. The van der Waals surface area contributed by atoms with Crippen LogP contribution in [0.1, 0.15) is 12.8 Å². The van der Waals surface area contributed by atoms with Gasteiger partial charge in [-0.2, -0.15) is 0 Å². The molecule has 0 aliphatic carbocycles. The van der Waals surface area contributed by atoms with E-state index in [1.165, 1.54) is 0 Å². The predicted octanol–water partition coefficient (Wildman–Crippen LogP) is 0.0307. The van der Waals surface area contributed by atoms with Crippen LogP contribution in [0.25, 0.3) is 0 Å². The van der Waals surface area contributed by atoms with Crippen LogP contribution in [0.15, 0.2) is 0 Å². The molecular weight excluding hydrogens is 312 g/mol. The summed E-state index contributed by atoms with van der Waals surface area (Å²) in [6.45, 7) is 3.22. The minimum Gasteiger partial charge on any atom is -0.382 e. The fourth-order valence-electron chi connectivity index (χ4n) is 1.60. The van der Waals surface area contributed by atoms with Crippen molar-refractivity contribution in [3.05, 3.63) is 0 Å². The molecule has 0 heterocycles. The third-order valence-electron chi connectivity index (χ3n) is 2.83. The van der Waals surface area contributed by atoms with E-state index in [1.54, 1.807) is 21.3 Å². The van der Waals surface area contributed by atoms with Crippen molar-refractivity contribution in [3.8, 4) is 0 Å². The zero-order valence-corrected chi connectivity index (χ0v) is 16.5. The molecule has 0 rings (SSSR count). The lowest BCUT2D eigenvalue weighted by Gasteiger charge is -2.31. The minimum atomic E-state index is -0.553. The van der Waals surface area contributed by atoms with Gasteiger partial charge in [0.15, 0.2) is 0 Å². The normalized spacial score (nSPS) is 13.7. The molecule has 0 bridgehead atoms. The second-order valence-electron chi connectivity index (χ2n) is 4.67. The molecule has 1 unspecified atom stereocenters. The molecular formula is C13H30O6SSi. The van der Waals surface area contributed by atoms with Crippen LogP contribution in [0.3, 0.4) is 0 Å². The zero-order chi connectivity index (χ0) is 16.0. The highest BCUT2D eigenvalue weighted by atomic mass is 32.1. The molecule has 0 saturated carbocycles. The Kier molecular flexibility index (Phi) is 14.2. The summed E-state index contributed by atoms with van der Waals surface area (Å²) in [5.74, 6) is 0. The molecule has 1 atom stereocenters. The van der Waals surface area contributed by atoms with Crippen LogP contribution in [0.2, 0.25) is 0 Å². The van der Waals surface area contributed by atoms with E-state index in [0.717, 1.165) is 23.1 Å². The van der Waals surface area contributed by atoms with Crippen LogP contribution in [-0.2, 0) is 28.4 Å². The van der Waals surface area contributed by atoms with E-state index in [-0.39, 0.29) is 5.44 Å². The van der Waals surface area contributed by atoms with Gasteiger partial charge in [0.05, 0.1) is 49.9 Å². The maximum absolute atomic E-state index is 5.84. The molecule has 0 fully saturated rings. The zero-order valence-electron chi connectivity index (χ0n) is 13.6. The number of hydrogen-bond acceptors (Lipinski definition) is 7. The molecule has 0 spiro atoms. The Hall–Kier alpha value is 0.327. The molecule has 128 valence electrons. The lowest BCUT2D eigenvalue weighted by atomic mass is 10.3. The summed E-state index contributed by atoms with van der Waals surface area (Å²) >= 11 is 4.41. The fourth-order valence-corrected chi connectivity index (χ4v) is 2.54. The minimum absolute atomic E-state index is 0.148. The van der Waals surface area contributed by atoms with Gasteiger partial charge in [-0.3, -0.25) is 0 Å². The first-order valence-corrected chi connectivity index (χ1v) is 8.64. The summed E-state index contributed by atoms with van der Waals surface area (Å²) in [6.07, 6.45) is 1.48. The summed E-state index contributed by atoms with van der Waals surface area (Å²) in [5.41, 5.74) is -0.701. The van der Waals surface area contributed by atoms with E-state index in [0.29, 0.717) is 39.6 Å². The molecule has 0 amide bonds. The second kappa shape index (κ2) is 14.0. The van der Waals surface area contributed by atoms with Gasteiger partial charge in [0.2, 0.25) is 0 Å². The molecule has 21 heavy (non-hydrogen) atoms. The maximum Gasteiger partial charge on any atom is 0.141 e. The van der Waals surface area contributed by atoms with Crippen LogP contribution in [0.5, 0.6) is 0 Å². The van der Waals surface area contributed by atoms with Gasteiger partial charge in [-0.15, -0.1) is 12.6 Å². The Labute approximate surface area is 136 Å². The lowest BCUT2D eigenvalue weighted by Crippen LogP contribution is -2.39. The summed E-state index contributed by atoms with van der Waals surface area (Å²) < 4.78 is 32.2. The molecule has 0 radical (unpaired) electrons. The van der Waals surface area contributed by atoms with Gasteiger partial charge in [-0.05, 0) is 12.8 Å². The first-order valence-electron chi connectivity index (χ1n) is 7.12. The van der Waals surface area contributed by atoms with Crippen LogP contribution < -0.4 is 0 Å². The van der Waals surface area contributed by atoms with Crippen LogP contribution in [0, 0.1) is 0 Å². The van der Waals surface area contributed by atoms with Gasteiger partial charge in [0.25, 0.3) is 0 Å². The summed E-state index contributed by atoms with van der Waals surface area (Å²) in [4.78, 5) is 0. The third-order valence-corrected chi connectivity index (χ3v) is 4.32. The van der Waals surface area contributed by atoms with Crippen molar-refractivity contribution in [1.82, 2.24) is 0 Å². The van der Waals surface area contributed by atoms with Gasteiger partial charge in [-0.25, -0.2) is 0 Å².